The zero-order valence-electron chi connectivity index (χ0n) is 12.2. The molecule has 1 N–H and O–H groups in total. The van der Waals surface area contributed by atoms with Crippen molar-refractivity contribution in [3.63, 3.8) is 0 Å². The van der Waals surface area contributed by atoms with Crippen LogP contribution >= 0.6 is 15.9 Å². The zero-order valence-corrected chi connectivity index (χ0v) is 13.8. The lowest BCUT2D eigenvalue weighted by Crippen LogP contribution is -2.24. The summed E-state index contributed by atoms with van der Waals surface area (Å²) in [6, 6.07) is 4.55. The van der Waals surface area contributed by atoms with Gasteiger partial charge < -0.3 is 5.32 Å². The van der Waals surface area contributed by atoms with Gasteiger partial charge in [-0.15, -0.1) is 0 Å². The van der Waals surface area contributed by atoms with Crippen molar-refractivity contribution in [1.82, 2.24) is 20.1 Å². The summed E-state index contributed by atoms with van der Waals surface area (Å²) in [7, 11) is 0. The highest BCUT2D eigenvalue weighted by molar-refractivity contribution is 9.10. The molecule has 2 rings (SSSR count). The van der Waals surface area contributed by atoms with Crippen molar-refractivity contribution >= 4 is 15.9 Å². The summed E-state index contributed by atoms with van der Waals surface area (Å²) in [4.78, 5) is 4.27. The molecule has 0 fully saturated rings. The molecule has 0 saturated carbocycles. The molecule has 2 heterocycles. The van der Waals surface area contributed by atoms with E-state index in [4.69, 9.17) is 0 Å². The lowest BCUT2D eigenvalue weighted by molar-refractivity contribution is 0.515. The maximum absolute atomic E-state index is 4.52. The third-order valence-electron chi connectivity index (χ3n) is 3.28. The molecule has 0 saturated heterocycles. The van der Waals surface area contributed by atoms with E-state index in [2.05, 4.69) is 62.0 Å². The van der Waals surface area contributed by atoms with Crippen molar-refractivity contribution in [1.29, 1.82) is 0 Å². The first kappa shape index (κ1) is 15.2. The summed E-state index contributed by atoms with van der Waals surface area (Å²) in [5.74, 6) is 0. The lowest BCUT2D eigenvalue weighted by atomic mass is 10.0. The van der Waals surface area contributed by atoms with Gasteiger partial charge in [-0.05, 0) is 54.0 Å². The number of pyridine rings is 1. The van der Waals surface area contributed by atoms with Gasteiger partial charge in [-0.3, -0.25) is 9.67 Å². The van der Waals surface area contributed by atoms with E-state index in [-0.39, 0.29) is 6.04 Å². The predicted molar refractivity (Wildman–Crippen MR) is 84.7 cm³/mol. The summed E-state index contributed by atoms with van der Waals surface area (Å²) in [6.45, 7) is 8.12. The molecule has 0 amide bonds. The van der Waals surface area contributed by atoms with Crippen LogP contribution in [0.5, 0.6) is 0 Å². The molecule has 5 heteroatoms. The fourth-order valence-corrected chi connectivity index (χ4v) is 2.80. The van der Waals surface area contributed by atoms with E-state index >= 15 is 0 Å². The summed E-state index contributed by atoms with van der Waals surface area (Å²) in [5, 5.41) is 8.05. The van der Waals surface area contributed by atoms with E-state index < -0.39 is 0 Å². The highest BCUT2D eigenvalue weighted by Gasteiger charge is 2.15. The van der Waals surface area contributed by atoms with Crippen LogP contribution < -0.4 is 5.32 Å². The molecule has 2 aromatic rings. The van der Waals surface area contributed by atoms with Crippen molar-refractivity contribution in [3.8, 4) is 0 Å². The highest BCUT2D eigenvalue weighted by Crippen LogP contribution is 2.21. The average molecular weight is 337 g/mol. The Morgan fingerprint density at radius 3 is 2.75 bits per heavy atom. The van der Waals surface area contributed by atoms with Gasteiger partial charge in [0.05, 0.1) is 5.69 Å². The predicted octanol–water partition coefficient (Wildman–Crippen LogP) is 3.26. The van der Waals surface area contributed by atoms with Gasteiger partial charge >= 0.3 is 0 Å². The molecular weight excluding hydrogens is 316 g/mol. The van der Waals surface area contributed by atoms with E-state index in [9.17, 15) is 0 Å². The van der Waals surface area contributed by atoms with Gasteiger partial charge in [-0.25, -0.2) is 0 Å². The number of hydrogen-bond acceptors (Lipinski definition) is 3. The van der Waals surface area contributed by atoms with Crippen molar-refractivity contribution in [2.24, 2.45) is 0 Å². The quantitative estimate of drug-likeness (QED) is 0.880. The second-order valence-electron chi connectivity index (χ2n) is 4.84. The molecule has 0 spiro atoms. The first-order chi connectivity index (χ1) is 9.63. The first-order valence-electron chi connectivity index (χ1n) is 7.01. The summed E-state index contributed by atoms with van der Waals surface area (Å²) < 4.78 is 3.09. The number of halogens is 1. The smallest absolute Gasteiger partial charge is 0.0596 e. The number of likely N-dealkylation sites (N-methyl/N-ethyl adjacent to an activating group) is 1. The van der Waals surface area contributed by atoms with Crippen LogP contribution in [-0.2, 0) is 13.0 Å². The van der Waals surface area contributed by atoms with Gasteiger partial charge in [-0.1, -0.05) is 6.92 Å². The minimum absolute atomic E-state index is 0.256. The number of nitrogens with one attached hydrogen (secondary N) is 1. The Hall–Kier alpha value is -1.20. The average Bonchev–Trinajstić information content (AvgIpc) is 2.78. The molecule has 108 valence electrons. The normalized spacial score (nSPS) is 12.6. The SMILES string of the molecule is CCNC(Cc1cc(C)nn1CC)c1cncc(Br)c1. The van der Waals surface area contributed by atoms with Gasteiger partial charge in [0.2, 0.25) is 0 Å². The first-order valence-corrected chi connectivity index (χ1v) is 7.80. The Labute approximate surface area is 128 Å². The minimum atomic E-state index is 0.256. The van der Waals surface area contributed by atoms with Crippen LogP contribution in [0.3, 0.4) is 0 Å². The molecule has 1 atom stereocenters. The summed E-state index contributed by atoms with van der Waals surface area (Å²) in [6.07, 6.45) is 4.66. The molecule has 0 bridgehead atoms. The fraction of sp³-hybridized carbons (Fsp3) is 0.467. The Balaban J connectivity index is 2.25. The second-order valence-corrected chi connectivity index (χ2v) is 5.76. The van der Waals surface area contributed by atoms with Crippen molar-refractivity contribution in [2.75, 3.05) is 6.54 Å². The van der Waals surface area contributed by atoms with E-state index in [1.54, 1.807) is 0 Å². The van der Waals surface area contributed by atoms with E-state index in [1.807, 2.05) is 19.3 Å². The fourth-order valence-electron chi connectivity index (χ4n) is 2.42. The minimum Gasteiger partial charge on any atom is -0.310 e. The monoisotopic (exact) mass is 336 g/mol. The molecule has 0 aliphatic rings. The molecule has 0 radical (unpaired) electrons. The topological polar surface area (TPSA) is 42.7 Å². The summed E-state index contributed by atoms with van der Waals surface area (Å²) in [5.41, 5.74) is 3.53. The van der Waals surface area contributed by atoms with Crippen LogP contribution in [0.2, 0.25) is 0 Å². The number of nitrogens with zero attached hydrogens (tertiary/aromatic N) is 3. The zero-order chi connectivity index (χ0) is 14.5. The maximum atomic E-state index is 4.52. The van der Waals surface area contributed by atoms with Crippen molar-refractivity contribution < 1.29 is 0 Å². The van der Waals surface area contributed by atoms with Crippen LogP contribution in [0.15, 0.2) is 29.0 Å². The lowest BCUT2D eigenvalue weighted by Gasteiger charge is -2.18. The van der Waals surface area contributed by atoms with Gasteiger partial charge in [0.15, 0.2) is 0 Å². The molecule has 2 aromatic heterocycles. The molecule has 0 aromatic carbocycles. The molecule has 0 aliphatic heterocycles. The van der Waals surface area contributed by atoms with Crippen LogP contribution in [0.25, 0.3) is 0 Å². The third-order valence-corrected chi connectivity index (χ3v) is 3.71. The van der Waals surface area contributed by atoms with Crippen LogP contribution in [-0.4, -0.2) is 21.3 Å². The number of aromatic nitrogens is 3. The molecule has 0 aliphatic carbocycles. The molecule has 4 nitrogen and oxygen atoms in total. The van der Waals surface area contributed by atoms with Gasteiger partial charge in [0.1, 0.15) is 0 Å². The Morgan fingerprint density at radius 2 is 2.10 bits per heavy atom. The second kappa shape index (κ2) is 6.99. The van der Waals surface area contributed by atoms with Crippen LogP contribution in [0.1, 0.15) is 36.8 Å². The third kappa shape index (κ3) is 3.67. The Bertz CT molecular complexity index is 565. The molecular formula is C15H21BrN4. The van der Waals surface area contributed by atoms with E-state index in [0.717, 1.165) is 29.7 Å². The number of rotatable bonds is 6. The van der Waals surface area contributed by atoms with Gasteiger partial charge in [-0.2, -0.15) is 5.10 Å². The Kier molecular flexibility index (Phi) is 5.31. The van der Waals surface area contributed by atoms with E-state index in [1.165, 1.54) is 11.3 Å². The maximum Gasteiger partial charge on any atom is 0.0596 e. The van der Waals surface area contributed by atoms with Gasteiger partial charge in [0.25, 0.3) is 0 Å². The van der Waals surface area contributed by atoms with Crippen molar-refractivity contribution in [3.05, 3.63) is 46.0 Å². The largest absolute Gasteiger partial charge is 0.310 e. The Morgan fingerprint density at radius 1 is 1.30 bits per heavy atom. The number of aryl methyl sites for hydroxylation is 2. The van der Waals surface area contributed by atoms with E-state index in [0.29, 0.717) is 0 Å². The molecule has 1 unspecified atom stereocenters. The van der Waals surface area contributed by atoms with Crippen LogP contribution in [0, 0.1) is 6.92 Å². The standard InChI is InChI=1S/C15H21BrN4/c1-4-18-15(12-7-13(16)10-17-9-12)8-14-6-11(3)19-20(14)5-2/h6-7,9-10,15,18H,4-5,8H2,1-3H3. The summed E-state index contributed by atoms with van der Waals surface area (Å²) >= 11 is 3.49. The van der Waals surface area contributed by atoms with Crippen LogP contribution in [0.4, 0.5) is 0 Å². The highest BCUT2D eigenvalue weighted by atomic mass is 79.9. The number of hydrogen-bond donors (Lipinski definition) is 1. The molecule has 20 heavy (non-hydrogen) atoms. The van der Waals surface area contributed by atoms with Gasteiger partial charge in [0, 0.05) is 41.6 Å². The van der Waals surface area contributed by atoms with Crippen molar-refractivity contribution in [2.45, 2.75) is 39.8 Å².